The van der Waals surface area contributed by atoms with Crippen LogP contribution in [0.3, 0.4) is 0 Å². The van der Waals surface area contributed by atoms with E-state index in [4.69, 9.17) is 0 Å². The quantitative estimate of drug-likeness (QED) is 0.762. The number of benzene rings is 2. The number of anilines is 1. The highest BCUT2D eigenvalue weighted by atomic mass is 32.2. The fraction of sp³-hybridized carbons (Fsp3) is 0.188. The van der Waals surface area contributed by atoms with Crippen LogP contribution < -0.4 is 4.90 Å². The maximum Gasteiger partial charge on any atom is 0.158 e. The Morgan fingerprint density at radius 2 is 2.05 bits per heavy atom. The summed E-state index contributed by atoms with van der Waals surface area (Å²) in [6.07, 6.45) is 2.30. The highest BCUT2D eigenvalue weighted by Gasteiger charge is 2.24. The third-order valence-corrected chi connectivity index (χ3v) is 4.53. The molecule has 0 saturated carbocycles. The first kappa shape index (κ1) is 12.3. The minimum absolute atomic E-state index is 0.173. The molecule has 0 N–H and O–H groups in total. The highest BCUT2D eigenvalue weighted by molar-refractivity contribution is 8.03. The molecule has 19 heavy (non-hydrogen) atoms. The van der Waals surface area contributed by atoms with Gasteiger partial charge in [-0.1, -0.05) is 49.0 Å². The zero-order valence-electron chi connectivity index (χ0n) is 11.0. The molecule has 0 fully saturated rings. The Bertz CT molecular complexity index is 690. The molecule has 1 aliphatic rings. The van der Waals surface area contributed by atoms with E-state index >= 15 is 0 Å². The number of fused-ring (bicyclic) bond motifs is 3. The van der Waals surface area contributed by atoms with Gasteiger partial charge in [-0.3, -0.25) is 4.79 Å². The van der Waals surface area contributed by atoms with E-state index in [0.717, 1.165) is 5.03 Å². The van der Waals surface area contributed by atoms with Crippen molar-refractivity contribution in [1.82, 2.24) is 0 Å². The van der Waals surface area contributed by atoms with Crippen LogP contribution in [0.15, 0.2) is 52.4 Å². The number of hydrogen-bond acceptors (Lipinski definition) is 3. The number of carbonyl (C=O) groups is 1. The van der Waals surface area contributed by atoms with E-state index in [0.29, 0.717) is 6.42 Å². The van der Waals surface area contributed by atoms with Crippen LogP contribution in [0.5, 0.6) is 0 Å². The molecule has 3 heteroatoms. The molecule has 0 unspecified atom stereocenters. The van der Waals surface area contributed by atoms with Crippen LogP contribution in [0.25, 0.3) is 10.8 Å². The molecule has 0 amide bonds. The zero-order valence-corrected chi connectivity index (χ0v) is 11.8. The topological polar surface area (TPSA) is 20.3 Å². The van der Waals surface area contributed by atoms with Crippen molar-refractivity contribution in [3.63, 3.8) is 0 Å². The van der Waals surface area contributed by atoms with Crippen molar-refractivity contribution in [2.24, 2.45) is 0 Å². The lowest BCUT2D eigenvalue weighted by molar-refractivity contribution is -0.114. The zero-order chi connectivity index (χ0) is 13.4. The molecule has 1 heterocycles. The van der Waals surface area contributed by atoms with Gasteiger partial charge in [0, 0.05) is 29.8 Å². The number of rotatable bonds is 2. The molecular weight excluding hydrogens is 254 g/mol. The maximum absolute atomic E-state index is 11.6. The van der Waals surface area contributed by atoms with Gasteiger partial charge in [0.05, 0.1) is 10.7 Å². The Hall–Kier alpha value is -1.74. The van der Waals surface area contributed by atoms with Crippen molar-refractivity contribution in [2.45, 2.75) is 18.2 Å². The second-order valence-corrected chi connectivity index (χ2v) is 5.66. The molecule has 2 nitrogen and oxygen atoms in total. The van der Waals surface area contributed by atoms with Gasteiger partial charge >= 0.3 is 0 Å². The third kappa shape index (κ3) is 2.04. The minimum atomic E-state index is 0.173. The van der Waals surface area contributed by atoms with E-state index < -0.39 is 0 Å². The van der Waals surface area contributed by atoms with Crippen molar-refractivity contribution >= 4 is 34.0 Å². The average Bonchev–Trinajstić information content (AvgIpc) is 2.76. The van der Waals surface area contributed by atoms with Gasteiger partial charge in [-0.25, -0.2) is 0 Å². The molecule has 3 rings (SSSR count). The monoisotopic (exact) mass is 269 g/mol. The molecule has 0 saturated heterocycles. The van der Waals surface area contributed by atoms with Crippen molar-refractivity contribution in [1.29, 1.82) is 0 Å². The lowest BCUT2D eigenvalue weighted by Gasteiger charge is -2.15. The Labute approximate surface area is 117 Å². The largest absolute Gasteiger partial charge is 0.338 e. The maximum atomic E-state index is 11.6. The van der Waals surface area contributed by atoms with Gasteiger partial charge in [0.15, 0.2) is 5.78 Å². The van der Waals surface area contributed by atoms with Crippen LogP contribution >= 0.6 is 11.8 Å². The van der Waals surface area contributed by atoms with Crippen molar-refractivity contribution in [2.75, 3.05) is 11.9 Å². The summed E-state index contributed by atoms with van der Waals surface area (Å²) in [6.45, 7) is 1.89. The summed E-state index contributed by atoms with van der Waals surface area (Å²) in [5.74, 6) is 0.173. The Balaban J connectivity index is 2.13. The second-order valence-electron chi connectivity index (χ2n) is 4.60. The SMILES string of the molecule is CCC(=O)/C=C1/Sc2ccc3ccccc3c2N1C. The first-order valence-corrected chi connectivity index (χ1v) is 7.20. The number of hydrogen-bond donors (Lipinski definition) is 0. The van der Waals surface area contributed by atoms with Gasteiger partial charge in [0.25, 0.3) is 0 Å². The van der Waals surface area contributed by atoms with Gasteiger partial charge in [-0.2, -0.15) is 0 Å². The van der Waals surface area contributed by atoms with Crippen molar-refractivity contribution in [3.8, 4) is 0 Å². The standard InChI is InChI=1S/C16H15NOS/c1-3-12(18)10-15-17(2)16-13-7-5-4-6-11(13)8-9-14(16)19-15/h4-10H,3H2,1-2H3/b15-10+. The molecule has 1 aliphatic heterocycles. The van der Waals surface area contributed by atoms with E-state index in [-0.39, 0.29) is 5.78 Å². The van der Waals surface area contributed by atoms with Gasteiger partial charge in [-0.05, 0) is 11.5 Å². The summed E-state index contributed by atoms with van der Waals surface area (Å²) in [7, 11) is 2.03. The first-order valence-electron chi connectivity index (χ1n) is 6.38. The summed E-state index contributed by atoms with van der Waals surface area (Å²) in [5.41, 5.74) is 1.21. The molecule has 2 aromatic carbocycles. The molecule has 2 aromatic rings. The summed E-state index contributed by atoms with van der Waals surface area (Å²) in [4.78, 5) is 15.0. The predicted molar refractivity (Wildman–Crippen MR) is 81.6 cm³/mol. The van der Waals surface area contributed by atoms with Crippen LogP contribution in [-0.2, 0) is 4.79 Å². The molecular formula is C16H15NOS. The van der Waals surface area contributed by atoms with Crippen molar-refractivity contribution in [3.05, 3.63) is 47.5 Å². The van der Waals surface area contributed by atoms with Crippen LogP contribution in [0.4, 0.5) is 5.69 Å². The lowest BCUT2D eigenvalue weighted by atomic mass is 10.1. The van der Waals surface area contributed by atoms with Crippen LogP contribution in [0.1, 0.15) is 13.3 Å². The number of ketones is 1. The van der Waals surface area contributed by atoms with Crippen LogP contribution in [-0.4, -0.2) is 12.8 Å². The lowest BCUT2D eigenvalue weighted by Crippen LogP contribution is -2.11. The first-order chi connectivity index (χ1) is 9.20. The van der Waals surface area contributed by atoms with E-state index in [2.05, 4.69) is 35.2 Å². The minimum Gasteiger partial charge on any atom is -0.338 e. The Morgan fingerprint density at radius 1 is 1.26 bits per heavy atom. The van der Waals surface area contributed by atoms with E-state index in [1.165, 1.54) is 21.4 Å². The van der Waals surface area contributed by atoms with E-state index in [9.17, 15) is 4.79 Å². The number of thioether (sulfide) groups is 1. The highest BCUT2D eigenvalue weighted by Crippen LogP contribution is 2.48. The fourth-order valence-electron chi connectivity index (χ4n) is 2.32. The Morgan fingerprint density at radius 3 is 2.84 bits per heavy atom. The molecule has 0 bridgehead atoms. The van der Waals surface area contributed by atoms with E-state index in [1.54, 1.807) is 17.8 Å². The smallest absolute Gasteiger partial charge is 0.158 e. The van der Waals surface area contributed by atoms with Crippen LogP contribution in [0.2, 0.25) is 0 Å². The van der Waals surface area contributed by atoms with Gasteiger partial charge in [0.1, 0.15) is 0 Å². The number of nitrogens with zero attached hydrogens (tertiary/aromatic N) is 1. The van der Waals surface area contributed by atoms with Gasteiger partial charge in [0.2, 0.25) is 0 Å². The molecule has 0 radical (unpaired) electrons. The number of carbonyl (C=O) groups excluding carboxylic acids is 1. The predicted octanol–water partition coefficient (Wildman–Crippen LogP) is 4.20. The summed E-state index contributed by atoms with van der Waals surface area (Å²) in [6, 6.07) is 12.6. The average molecular weight is 269 g/mol. The normalized spacial score (nSPS) is 16.1. The molecule has 0 spiro atoms. The van der Waals surface area contributed by atoms with Gasteiger partial charge < -0.3 is 4.90 Å². The summed E-state index contributed by atoms with van der Waals surface area (Å²) < 4.78 is 0. The van der Waals surface area contributed by atoms with Gasteiger partial charge in [-0.15, -0.1) is 0 Å². The molecule has 0 atom stereocenters. The second kappa shape index (κ2) is 4.74. The fourth-order valence-corrected chi connectivity index (χ4v) is 3.44. The molecule has 96 valence electrons. The third-order valence-electron chi connectivity index (χ3n) is 3.38. The number of allylic oxidation sites excluding steroid dienone is 1. The van der Waals surface area contributed by atoms with Crippen LogP contribution in [0, 0.1) is 0 Å². The Kier molecular flexibility index (Phi) is 3.07. The summed E-state index contributed by atoms with van der Waals surface area (Å²) in [5, 5.41) is 3.48. The molecule has 0 aliphatic carbocycles. The van der Waals surface area contributed by atoms with E-state index in [1.807, 2.05) is 20.0 Å². The van der Waals surface area contributed by atoms with Crippen molar-refractivity contribution < 1.29 is 4.79 Å². The summed E-state index contributed by atoms with van der Waals surface area (Å²) >= 11 is 1.67. The molecule has 0 aromatic heterocycles.